The summed E-state index contributed by atoms with van der Waals surface area (Å²) < 4.78 is 10.7. The number of hydrogen-bond acceptors (Lipinski definition) is 3. The molecule has 0 spiro atoms. The van der Waals surface area contributed by atoms with Gasteiger partial charge in [-0.15, -0.1) is 24.0 Å². The molecular weight excluding hydrogens is 405 g/mol. The Hall–Kier alpha value is -0.860. The van der Waals surface area contributed by atoms with Crippen LogP contribution in [0.5, 0.6) is 0 Å². The first-order chi connectivity index (χ1) is 10.5. The smallest absolute Gasteiger partial charge is 0.191 e. The fourth-order valence-corrected chi connectivity index (χ4v) is 1.92. The van der Waals surface area contributed by atoms with Gasteiger partial charge in [0.2, 0.25) is 0 Å². The van der Waals surface area contributed by atoms with E-state index in [0.717, 1.165) is 12.5 Å². The molecule has 0 radical (unpaired) electrons. The van der Waals surface area contributed by atoms with Crippen LogP contribution in [-0.2, 0) is 22.6 Å². The lowest BCUT2D eigenvalue weighted by molar-refractivity contribution is 0.0657. The summed E-state index contributed by atoms with van der Waals surface area (Å²) in [6, 6.07) is 8.63. The lowest BCUT2D eigenvalue weighted by atomic mass is 10.1. The van der Waals surface area contributed by atoms with Gasteiger partial charge in [0, 0.05) is 26.7 Å². The summed E-state index contributed by atoms with van der Waals surface area (Å²) in [5.74, 6) is 0.775. The van der Waals surface area contributed by atoms with Crippen molar-refractivity contribution in [1.29, 1.82) is 0 Å². The number of guanidine groups is 1. The summed E-state index contributed by atoms with van der Waals surface area (Å²) >= 11 is 0. The Labute approximate surface area is 157 Å². The topological polar surface area (TPSA) is 54.9 Å². The van der Waals surface area contributed by atoms with E-state index in [1.54, 1.807) is 14.2 Å². The number of hydrogen-bond donors (Lipinski definition) is 2. The summed E-state index contributed by atoms with van der Waals surface area (Å²) in [7, 11) is 3.46. The largest absolute Gasteiger partial charge is 0.383 e. The normalized spacial score (nSPS) is 12.7. The van der Waals surface area contributed by atoms with Gasteiger partial charge in [0.25, 0.3) is 0 Å². The first-order valence-electron chi connectivity index (χ1n) is 7.70. The molecule has 23 heavy (non-hydrogen) atoms. The molecular formula is C17H30IN3O2. The fourth-order valence-electron chi connectivity index (χ4n) is 1.92. The first kappa shape index (κ1) is 22.1. The molecule has 6 heteroatoms. The van der Waals surface area contributed by atoms with Gasteiger partial charge in [-0.05, 0) is 31.9 Å². The molecule has 0 aromatic heterocycles. The zero-order valence-electron chi connectivity index (χ0n) is 14.8. The van der Waals surface area contributed by atoms with Crippen molar-refractivity contribution in [1.82, 2.24) is 10.6 Å². The molecule has 2 N–H and O–H groups in total. The summed E-state index contributed by atoms with van der Waals surface area (Å²) in [4.78, 5) is 4.21. The van der Waals surface area contributed by atoms with Crippen LogP contribution in [0.4, 0.5) is 0 Å². The van der Waals surface area contributed by atoms with Crippen molar-refractivity contribution in [2.24, 2.45) is 4.99 Å². The number of methoxy groups -OCH3 is 1. The van der Waals surface area contributed by atoms with Crippen LogP contribution in [0, 0.1) is 0 Å². The summed E-state index contributed by atoms with van der Waals surface area (Å²) in [5, 5.41) is 6.57. The van der Waals surface area contributed by atoms with E-state index in [1.807, 2.05) is 13.8 Å². The Morgan fingerprint density at radius 3 is 2.26 bits per heavy atom. The zero-order valence-corrected chi connectivity index (χ0v) is 17.1. The highest BCUT2D eigenvalue weighted by Gasteiger charge is 2.04. The van der Waals surface area contributed by atoms with Gasteiger partial charge in [-0.25, -0.2) is 0 Å². The Kier molecular flexibility index (Phi) is 12.1. The van der Waals surface area contributed by atoms with E-state index in [2.05, 4.69) is 46.8 Å². The van der Waals surface area contributed by atoms with Gasteiger partial charge in [-0.2, -0.15) is 0 Å². The molecule has 0 bridgehead atoms. The number of ether oxygens (including phenoxy) is 2. The molecule has 132 valence electrons. The summed E-state index contributed by atoms with van der Waals surface area (Å²) in [6.07, 6.45) is 0.254. The van der Waals surface area contributed by atoms with E-state index in [0.29, 0.717) is 13.2 Å². The lowest BCUT2D eigenvalue weighted by Gasteiger charge is -2.17. The minimum atomic E-state index is 0. The van der Waals surface area contributed by atoms with E-state index in [4.69, 9.17) is 9.47 Å². The van der Waals surface area contributed by atoms with Crippen molar-refractivity contribution in [2.75, 3.05) is 20.8 Å². The predicted molar refractivity (Wildman–Crippen MR) is 106 cm³/mol. The third-order valence-electron chi connectivity index (χ3n) is 3.09. The third kappa shape index (κ3) is 9.78. The fraction of sp³-hybridized carbons (Fsp3) is 0.588. The highest BCUT2D eigenvalue weighted by atomic mass is 127. The minimum Gasteiger partial charge on any atom is -0.383 e. The zero-order chi connectivity index (χ0) is 16.4. The molecule has 0 saturated carbocycles. The average Bonchev–Trinajstić information content (AvgIpc) is 2.50. The van der Waals surface area contributed by atoms with Gasteiger partial charge in [0.15, 0.2) is 5.96 Å². The number of benzene rings is 1. The summed E-state index contributed by atoms with van der Waals surface area (Å²) in [5.41, 5.74) is 2.39. The van der Waals surface area contributed by atoms with Crippen LogP contribution in [0.3, 0.4) is 0 Å². The quantitative estimate of drug-likeness (QED) is 0.375. The average molecular weight is 435 g/mol. The van der Waals surface area contributed by atoms with Gasteiger partial charge in [-0.3, -0.25) is 4.99 Å². The van der Waals surface area contributed by atoms with Gasteiger partial charge < -0.3 is 20.1 Å². The predicted octanol–water partition coefficient (Wildman–Crippen LogP) is 2.93. The van der Waals surface area contributed by atoms with Gasteiger partial charge in [0.1, 0.15) is 0 Å². The second-order valence-corrected chi connectivity index (χ2v) is 5.60. The Morgan fingerprint density at radius 1 is 1.13 bits per heavy atom. The SMILES string of the molecule is CN=C(NCc1ccc(COC(C)C)cc1)NC(C)COC.I. The second-order valence-electron chi connectivity index (χ2n) is 5.60. The van der Waals surface area contributed by atoms with Crippen molar-refractivity contribution in [3.63, 3.8) is 0 Å². The van der Waals surface area contributed by atoms with E-state index >= 15 is 0 Å². The van der Waals surface area contributed by atoms with E-state index in [-0.39, 0.29) is 36.1 Å². The Morgan fingerprint density at radius 2 is 1.74 bits per heavy atom. The maximum atomic E-state index is 5.59. The Balaban J connectivity index is 0.00000484. The van der Waals surface area contributed by atoms with Crippen molar-refractivity contribution in [3.05, 3.63) is 35.4 Å². The van der Waals surface area contributed by atoms with Crippen LogP contribution in [0.1, 0.15) is 31.9 Å². The maximum Gasteiger partial charge on any atom is 0.191 e. The number of halogens is 1. The highest BCUT2D eigenvalue weighted by Crippen LogP contribution is 2.07. The second kappa shape index (κ2) is 12.5. The molecule has 0 aliphatic carbocycles. The molecule has 0 amide bonds. The van der Waals surface area contributed by atoms with E-state index in [1.165, 1.54) is 11.1 Å². The molecule has 1 aromatic rings. The van der Waals surface area contributed by atoms with Gasteiger partial charge in [-0.1, -0.05) is 24.3 Å². The molecule has 1 unspecified atom stereocenters. The van der Waals surface area contributed by atoms with Crippen LogP contribution in [0.15, 0.2) is 29.3 Å². The molecule has 0 aliphatic heterocycles. The van der Waals surface area contributed by atoms with E-state index in [9.17, 15) is 0 Å². The molecule has 5 nitrogen and oxygen atoms in total. The van der Waals surface area contributed by atoms with Crippen LogP contribution in [0.25, 0.3) is 0 Å². The molecule has 1 atom stereocenters. The Bertz CT molecular complexity index is 450. The van der Waals surface area contributed by atoms with Crippen LogP contribution in [0.2, 0.25) is 0 Å². The molecule has 0 aliphatic rings. The van der Waals surface area contributed by atoms with Crippen molar-refractivity contribution in [3.8, 4) is 0 Å². The number of aliphatic imine (C=N–C) groups is 1. The van der Waals surface area contributed by atoms with E-state index < -0.39 is 0 Å². The lowest BCUT2D eigenvalue weighted by Crippen LogP contribution is -2.43. The monoisotopic (exact) mass is 435 g/mol. The molecule has 1 aromatic carbocycles. The first-order valence-corrected chi connectivity index (χ1v) is 7.70. The highest BCUT2D eigenvalue weighted by molar-refractivity contribution is 14.0. The maximum absolute atomic E-state index is 5.59. The molecule has 1 rings (SSSR count). The van der Waals surface area contributed by atoms with Crippen molar-refractivity contribution >= 4 is 29.9 Å². The van der Waals surface area contributed by atoms with Gasteiger partial charge >= 0.3 is 0 Å². The van der Waals surface area contributed by atoms with Crippen LogP contribution < -0.4 is 10.6 Å². The number of nitrogens with one attached hydrogen (secondary N) is 2. The molecule has 0 saturated heterocycles. The standard InChI is InChI=1S/C17H29N3O2.HI/c1-13(2)22-12-16-8-6-15(7-9-16)10-19-17(18-4)20-14(3)11-21-5;/h6-9,13-14H,10-12H2,1-5H3,(H2,18,19,20);1H. The van der Waals surface area contributed by atoms with Crippen molar-refractivity contribution < 1.29 is 9.47 Å². The minimum absolute atomic E-state index is 0. The van der Waals surface area contributed by atoms with Crippen LogP contribution >= 0.6 is 24.0 Å². The third-order valence-corrected chi connectivity index (χ3v) is 3.09. The number of nitrogens with zero attached hydrogens (tertiary/aromatic N) is 1. The molecule has 0 fully saturated rings. The summed E-state index contributed by atoms with van der Waals surface area (Å²) in [6.45, 7) is 8.17. The van der Waals surface area contributed by atoms with Gasteiger partial charge in [0.05, 0.1) is 19.3 Å². The molecule has 0 heterocycles. The van der Waals surface area contributed by atoms with Crippen LogP contribution in [-0.4, -0.2) is 38.9 Å². The number of rotatable bonds is 8. The van der Waals surface area contributed by atoms with Crippen molar-refractivity contribution in [2.45, 2.75) is 46.1 Å².